The Morgan fingerprint density at radius 1 is 1.64 bits per heavy atom. The summed E-state index contributed by atoms with van der Waals surface area (Å²) < 4.78 is 0. The van der Waals surface area contributed by atoms with Crippen LogP contribution >= 0.6 is 11.3 Å². The Labute approximate surface area is 85.3 Å². The van der Waals surface area contributed by atoms with Gasteiger partial charge in [0.05, 0.1) is 0 Å². The molecule has 0 aliphatic heterocycles. The van der Waals surface area contributed by atoms with E-state index in [0.29, 0.717) is 0 Å². The highest BCUT2D eigenvalue weighted by atomic mass is 32.1. The fourth-order valence-corrected chi connectivity index (χ4v) is 2.03. The summed E-state index contributed by atoms with van der Waals surface area (Å²) in [5.41, 5.74) is 3.81. The first-order chi connectivity index (χ1) is 6.81. The molecule has 1 unspecified atom stereocenters. The Morgan fingerprint density at radius 2 is 2.50 bits per heavy atom. The molecule has 14 heavy (non-hydrogen) atoms. The lowest BCUT2D eigenvalue weighted by molar-refractivity contribution is 0.605. The number of nitrogens with zero attached hydrogens (tertiary/aromatic N) is 2. The highest BCUT2D eigenvalue weighted by Gasteiger charge is 2.15. The molecule has 0 aliphatic rings. The zero-order valence-electron chi connectivity index (χ0n) is 7.69. The van der Waals surface area contributed by atoms with Crippen molar-refractivity contribution in [1.29, 1.82) is 0 Å². The van der Waals surface area contributed by atoms with Crippen LogP contribution in [0.5, 0.6) is 0 Å². The first kappa shape index (κ1) is 9.32. The van der Waals surface area contributed by atoms with Crippen molar-refractivity contribution in [3.8, 4) is 0 Å². The van der Waals surface area contributed by atoms with Crippen molar-refractivity contribution < 1.29 is 0 Å². The Bertz CT molecular complexity index is 394. The maximum Gasteiger partial charge on any atom is 0.147 e. The Hall–Kier alpha value is -1.24. The summed E-state index contributed by atoms with van der Waals surface area (Å²) in [4.78, 5) is 5.32. The van der Waals surface area contributed by atoms with Crippen LogP contribution in [-0.2, 0) is 0 Å². The second kappa shape index (κ2) is 3.87. The van der Waals surface area contributed by atoms with Gasteiger partial charge in [0.1, 0.15) is 18.2 Å². The van der Waals surface area contributed by atoms with Crippen LogP contribution in [0.15, 0.2) is 17.8 Å². The standard InChI is InChI=1S/C8H11N5S/c1-5-2-6(3-14-5)7(12-9)8-10-4-11-13-8/h2-4,7,12H,9H2,1H3,(H,10,11,13). The predicted octanol–water partition coefficient (Wildman–Crippen LogP) is 0.727. The Morgan fingerprint density at radius 3 is 3.00 bits per heavy atom. The third-order valence-electron chi connectivity index (χ3n) is 1.96. The summed E-state index contributed by atoms with van der Waals surface area (Å²) in [7, 11) is 0. The average Bonchev–Trinajstić information content (AvgIpc) is 2.79. The van der Waals surface area contributed by atoms with E-state index < -0.39 is 0 Å². The minimum atomic E-state index is -0.109. The molecule has 0 aromatic carbocycles. The fraction of sp³-hybridized carbons (Fsp3) is 0.250. The lowest BCUT2D eigenvalue weighted by atomic mass is 10.1. The van der Waals surface area contributed by atoms with Gasteiger partial charge in [0.25, 0.3) is 0 Å². The molecule has 0 bridgehead atoms. The van der Waals surface area contributed by atoms with E-state index in [1.54, 1.807) is 11.3 Å². The van der Waals surface area contributed by atoms with Crippen LogP contribution in [0, 0.1) is 6.92 Å². The molecule has 0 saturated heterocycles. The van der Waals surface area contributed by atoms with Crippen LogP contribution in [0.25, 0.3) is 0 Å². The molecule has 0 amide bonds. The van der Waals surface area contributed by atoms with E-state index in [2.05, 4.69) is 39.0 Å². The zero-order chi connectivity index (χ0) is 9.97. The second-order valence-corrected chi connectivity index (χ2v) is 4.08. The van der Waals surface area contributed by atoms with Crippen LogP contribution in [0.4, 0.5) is 0 Å². The van der Waals surface area contributed by atoms with Crippen LogP contribution in [0.1, 0.15) is 22.3 Å². The highest BCUT2D eigenvalue weighted by molar-refractivity contribution is 7.10. The smallest absolute Gasteiger partial charge is 0.147 e. The molecule has 0 spiro atoms. The minimum absolute atomic E-state index is 0.109. The molecule has 4 N–H and O–H groups in total. The molecule has 6 heteroatoms. The Kier molecular flexibility index (Phi) is 2.58. The van der Waals surface area contributed by atoms with Gasteiger partial charge in [0.15, 0.2) is 0 Å². The lowest BCUT2D eigenvalue weighted by Crippen LogP contribution is -2.29. The highest BCUT2D eigenvalue weighted by Crippen LogP contribution is 2.22. The van der Waals surface area contributed by atoms with Crippen molar-refractivity contribution >= 4 is 11.3 Å². The van der Waals surface area contributed by atoms with Gasteiger partial charge in [0.2, 0.25) is 0 Å². The number of aromatic amines is 1. The van der Waals surface area contributed by atoms with Crippen LogP contribution in [-0.4, -0.2) is 15.2 Å². The van der Waals surface area contributed by atoms with Gasteiger partial charge in [-0.1, -0.05) is 0 Å². The zero-order valence-corrected chi connectivity index (χ0v) is 8.51. The maximum atomic E-state index is 5.47. The Balaban J connectivity index is 2.31. The van der Waals surface area contributed by atoms with Crippen molar-refractivity contribution in [2.45, 2.75) is 13.0 Å². The molecule has 2 aromatic heterocycles. The van der Waals surface area contributed by atoms with Gasteiger partial charge in [0, 0.05) is 4.88 Å². The number of hydrogen-bond acceptors (Lipinski definition) is 5. The third-order valence-corrected chi connectivity index (χ3v) is 2.84. The first-order valence-electron chi connectivity index (χ1n) is 4.17. The summed E-state index contributed by atoms with van der Waals surface area (Å²) in [5, 5.41) is 8.65. The average molecular weight is 209 g/mol. The van der Waals surface area contributed by atoms with E-state index in [9.17, 15) is 0 Å². The second-order valence-electron chi connectivity index (χ2n) is 2.96. The molecular formula is C8H11N5S. The number of nitrogens with one attached hydrogen (secondary N) is 2. The summed E-state index contributed by atoms with van der Waals surface area (Å²) >= 11 is 1.69. The van der Waals surface area contributed by atoms with Crippen molar-refractivity contribution in [2.75, 3.05) is 0 Å². The quantitative estimate of drug-likeness (QED) is 0.514. The molecule has 2 heterocycles. The van der Waals surface area contributed by atoms with Crippen molar-refractivity contribution in [3.63, 3.8) is 0 Å². The molecule has 0 aliphatic carbocycles. The number of aromatic nitrogens is 3. The number of hydrazine groups is 1. The molecule has 2 aromatic rings. The van der Waals surface area contributed by atoms with E-state index in [0.717, 1.165) is 11.4 Å². The molecule has 0 radical (unpaired) electrons. The van der Waals surface area contributed by atoms with Crippen molar-refractivity contribution in [2.24, 2.45) is 5.84 Å². The molecule has 0 fully saturated rings. The van der Waals surface area contributed by atoms with Crippen LogP contribution in [0.2, 0.25) is 0 Å². The summed E-state index contributed by atoms with van der Waals surface area (Å²) in [6, 6.07) is 1.97. The predicted molar refractivity (Wildman–Crippen MR) is 54.6 cm³/mol. The van der Waals surface area contributed by atoms with Gasteiger partial charge in [-0.05, 0) is 23.9 Å². The van der Waals surface area contributed by atoms with Gasteiger partial charge >= 0.3 is 0 Å². The number of rotatable bonds is 3. The fourth-order valence-electron chi connectivity index (χ4n) is 1.30. The van der Waals surface area contributed by atoms with E-state index in [1.807, 2.05) is 0 Å². The number of nitrogens with two attached hydrogens (primary N) is 1. The normalized spacial score (nSPS) is 13.0. The number of hydrogen-bond donors (Lipinski definition) is 3. The van der Waals surface area contributed by atoms with E-state index in [-0.39, 0.29) is 6.04 Å². The van der Waals surface area contributed by atoms with Gasteiger partial charge in [-0.15, -0.1) is 11.3 Å². The molecule has 5 nitrogen and oxygen atoms in total. The van der Waals surface area contributed by atoms with Crippen molar-refractivity contribution in [3.05, 3.63) is 34.0 Å². The molecule has 1 atom stereocenters. The van der Waals surface area contributed by atoms with Crippen LogP contribution < -0.4 is 11.3 Å². The van der Waals surface area contributed by atoms with E-state index in [4.69, 9.17) is 5.84 Å². The minimum Gasteiger partial charge on any atom is -0.270 e. The van der Waals surface area contributed by atoms with Crippen LogP contribution in [0.3, 0.4) is 0 Å². The van der Waals surface area contributed by atoms with E-state index in [1.165, 1.54) is 11.2 Å². The van der Waals surface area contributed by atoms with Gasteiger partial charge in [-0.2, -0.15) is 5.10 Å². The lowest BCUT2D eigenvalue weighted by Gasteiger charge is -2.10. The van der Waals surface area contributed by atoms with Crippen molar-refractivity contribution in [1.82, 2.24) is 20.6 Å². The van der Waals surface area contributed by atoms with Gasteiger partial charge in [-0.3, -0.25) is 10.9 Å². The first-order valence-corrected chi connectivity index (χ1v) is 5.05. The third kappa shape index (κ3) is 1.67. The molecular weight excluding hydrogens is 198 g/mol. The molecule has 74 valence electrons. The number of aryl methyl sites for hydroxylation is 1. The monoisotopic (exact) mass is 209 g/mol. The summed E-state index contributed by atoms with van der Waals surface area (Å²) in [6.07, 6.45) is 1.47. The number of thiophene rings is 1. The summed E-state index contributed by atoms with van der Waals surface area (Å²) in [5.74, 6) is 6.20. The summed E-state index contributed by atoms with van der Waals surface area (Å²) in [6.45, 7) is 2.06. The number of H-pyrrole nitrogens is 1. The molecule has 2 rings (SSSR count). The maximum absolute atomic E-state index is 5.47. The largest absolute Gasteiger partial charge is 0.270 e. The molecule has 0 saturated carbocycles. The van der Waals surface area contributed by atoms with Gasteiger partial charge in [-0.25, -0.2) is 10.4 Å². The van der Waals surface area contributed by atoms with E-state index >= 15 is 0 Å². The van der Waals surface area contributed by atoms with Gasteiger partial charge < -0.3 is 0 Å². The SMILES string of the molecule is Cc1cc(C(NN)c2ncn[nH]2)cs1. The topological polar surface area (TPSA) is 79.6 Å².